The number of nitrogens with one attached hydrogen (secondary N) is 2. The molecular formula is C16H23N3O3S. The maximum Gasteiger partial charge on any atom is 0.314 e. The molecule has 2 amide bonds. The fourth-order valence-corrected chi connectivity index (χ4v) is 3.16. The Hall–Kier alpha value is -1.86. The number of rotatable bonds is 6. The zero-order valence-corrected chi connectivity index (χ0v) is 14.7. The third kappa shape index (κ3) is 4.80. The number of carbonyl (C=O) groups excluding carboxylic acids is 1. The number of furan rings is 1. The van der Waals surface area contributed by atoms with Gasteiger partial charge in [0.2, 0.25) is 0 Å². The molecule has 6 nitrogen and oxygen atoms in total. The largest absolute Gasteiger partial charge is 0.463 e. The van der Waals surface area contributed by atoms with Crippen molar-refractivity contribution in [3.05, 3.63) is 39.2 Å². The SMILES string of the molecule is Cc1ccc(C(C)(O)CNC(=O)NCCc2sc(C)nc2C)o1. The zero-order valence-electron chi connectivity index (χ0n) is 13.9. The van der Waals surface area contributed by atoms with E-state index in [-0.39, 0.29) is 12.6 Å². The molecule has 0 spiro atoms. The quantitative estimate of drug-likeness (QED) is 0.755. The van der Waals surface area contributed by atoms with Crippen LogP contribution in [-0.2, 0) is 12.0 Å². The van der Waals surface area contributed by atoms with E-state index in [4.69, 9.17) is 4.42 Å². The summed E-state index contributed by atoms with van der Waals surface area (Å²) in [6.45, 7) is 7.96. The lowest BCUT2D eigenvalue weighted by molar-refractivity contribution is 0.0360. The highest BCUT2D eigenvalue weighted by atomic mass is 32.1. The first kappa shape index (κ1) is 17.5. The number of thiazole rings is 1. The lowest BCUT2D eigenvalue weighted by Crippen LogP contribution is -2.43. The van der Waals surface area contributed by atoms with Crippen LogP contribution in [0.15, 0.2) is 16.5 Å². The van der Waals surface area contributed by atoms with Crippen LogP contribution in [0.1, 0.15) is 34.0 Å². The summed E-state index contributed by atoms with van der Waals surface area (Å²) in [6, 6.07) is 3.18. The number of nitrogens with zero attached hydrogens (tertiary/aromatic N) is 1. The van der Waals surface area contributed by atoms with Crippen molar-refractivity contribution in [1.29, 1.82) is 0 Å². The summed E-state index contributed by atoms with van der Waals surface area (Å²) in [5, 5.41) is 16.8. The number of aromatic nitrogens is 1. The summed E-state index contributed by atoms with van der Waals surface area (Å²) in [6.07, 6.45) is 0.749. The van der Waals surface area contributed by atoms with Crippen LogP contribution in [0.25, 0.3) is 0 Å². The topological polar surface area (TPSA) is 87.4 Å². The monoisotopic (exact) mass is 337 g/mol. The van der Waals surface area contributed by atoms with Crippen LogP contribution in [0.2, 0.25) is 0 Å². The lowest BCUT2D eigenvalue weighted by Gasteiger charge is -2.21. The third-order valence-electron chi connectivity index (χ3n) is 3.50. The van der Waals surface area contributed by atoms with Crippen LogP contribution in [0.4, 0.5) is 4.79 Å². The molecule has 2 aromatic rings. The number of aryl methyl sites for hydroxylation is 3. The Kier molecular flexibility index (Phi) is 5.43. The summed E-state index contributed by atoms with van der Waals surface area (Å²) < 4.78 is 5.41. The highest BCUT2D eigenvalue weighted by Crippen LogP contribution is 2.21. The Morgan fingerprint density at radius 2 is 2.09 bits per heavy atom. The molecule has 0 aliphatic heterocycles. The molecule has 23 heavy (non-hydrogen) atoms. The maximum absolute atomic E-state index is 11.8. The van der Waals surface area contributed by atoms with E-state index >= 15 is 0 Å². The number of hydrogen-bond acceptors (Lipinski definition) is 5. The van der Waals surface area contributed by atoms with Gasteiger partial charge in [-0.3, -0.25) is 0 Å². The van der Waals surface area contributed by atoms with Crippen molar-refractivity contribution in [2.24, 2.45) is 0 Å². The van der Waals surface area contributed by atoms with Gasteiger partial charge in [-0.2, -0.15) is 0 Å². The van der Waals surface area contributed by atoms with Crippen molar-refractivity contribution in [3.63, 3.8) is 0 Å². The molecule has 0 radical (unpaired) electrons. The van der Waals surface area contributed by atoms with Gasteiger partial charge in [0.15, 0.2) is 0 Å². The van der Waals surface area contributed by atoms with E-state index in [0.29, 0.717) is 12.3 Å². The van der Waals surface area contributed by atoms with Crippen LogP contribution in [0, 0.1) is 20.8 Å². The second-order valence-electron chi connectivity index (χ2n) is 5.79. The van der Waals surface area contributed by atoms with Gasteiger partial charge in [0.1, 0.15) is 17.1 Å². The Bertz CT molecular complexity index is 676. The molecule has 2 rings (SSSR count). The van der Waals surface area contributed by atoms with Crippen molar-refractivity contribution in [1.82, 2.24) is 15.6 Å². The summed E-state index contributed by atoms with van der Waals surface area (Å²) in [5.41, 5.74) is -0.220. The summed E-state index contributed by atoms with van der Waals surface area (Å²) in [5.74, 6) is 1.16. The second-order valence-corrected chi connectivity index (χ2v) is 7.07. The highest BCUT2D eigenvalue weighted by Gasteiger charge is 2.27. The van der Waals surface area contributed by atoms with E-state index in [1.54, 1.807) is 30.4 Å². The van der Waals surface area contributed by atoms with E-state index < -0.39 is 5.60 Å². The number of carbonyl (C=O) groups is 1. The first-order valence-corrected chi connectivity index (χ1v) is 8.33. The van der Waals surface area contributed by atoms with Crippen LogP contribution in [0.3, 0.4) is 0 Å². The van der Waals surface area contributed by atoms with Gasteiger partial charge in [-0.15, -0.1) is 11.3 Å². The van der Waals surface area contributed by atoms with E-state index in [0.717, 1.165) is 22.9 Å². The van der Waals surface area contributed by atoms with Crippen LogP contribution >= 0.6 is 11.3 Å². The molecular weight excluding hydrogens is 314 g/mol. The van der Waals surface area contributed by atoms with Gasteiger partial charge in [-0.1, -0.05) is 0 Å². The molecule has 0 fully saturated rings. The average molecular weight is 337 g/mol. The average Bonchev–Trinajstić information content (AvgIpc) is 3.03. The normalized spacial score (nSPS) is 13.6. The van der Waals surface area contributed by atoms with Gasteiger partial charge in [-0.25, -0.2) is 9.78 Å². The molecule has 1 atom stereocenters. The van der Waals surface area contributed by atoms with Gasteiger partial charge >= 0.3 is 6.03 Å². The van der Waals surface area contributed by atoms with E-state index in [2.05, 4.69) is 15.6 Å². The fourth-order valence-electron chi connectivity index (χ4n) is 2.22. The summed E-state index contributed by atoms with van der Waals surface area (Å²) in [4.78, 5) is 17.4. The minimum atomic E-state index is -1.24. The van der Waals surface area contributed by atoms with Gasteiger partial charge in [0.05, 0.1) is 17.2 Å². The van der Waals surface area contributed by atoms with Crippen LogP contribution in [-0.4, -0.2) is 29.2 Å². The van der Waals surface area contributed by atoms with Gasteiger partial charge in [0, 0.05) is 17.8 Å². The zero-order chi connectivity index (χ0) is 17.0. The van der Waals surface area contributed by atoms with Crippen LogP contribution in [0.5, 0.6) is 0 Å². The number of urea groups is 1. The fraction of sp³-hybridized carbons (Fsp3) is 0.500. The van der Waals surface area contributed by atoms with Crippen molar-refractivity contribution in [2.75, 3.05) is 13.1 Å². The molecule has 0 saturated carbocycles. The molecule has 0 aromatic carbocycles. The minimum Gasteiger partial charge on any atom is -0.463 e. The number of hydrogen-bond donors (Lipinski definition) is 3. The maximum atomic E-state index is 11.8. The molecule has 0 bridgehead atoms. The molecule has 3 N–H and O–H groups in total. The second kappa shape index (κ2) is 7.14. The predicted molar refractivity (Wildman–Crippen MR) is 89.7 cm³/mol. The molecule has 126 valence electrons. The minimum absolute atomic E-state index is 0.0739. The molecule has 2 aromatic heterocycles. The van der Waals surface area contributed by atoms with Crippen molar-refractivity contribution in [2.45, 2.75) is 39.7 Å². The Labute approximate surface area is 139 Å². The van der Waals surface area contributed by atoms with Crippen LogP contribution < -0.4 is 10.6 Å². The van der Waals surface area contributed by atoms with E-state index in [9.17, 15) is 9.90 Å². The summed E-state index contributed by atoms with van der Waals surface area (Å²) in [7, 11) is 0. The first-order valence-electron chi connectivity index (χ1n) is 7.52. The highest BCUT2D eigenvalue weighted by molar-refractivity contribution is 7.11. The molecule has 0 aliphatic carbocycles. The molecule has 0 saturated heterocycles. The molecule has 2 heterocycles. The Morgan fingerprint density at radius 1 is 1.35 bits per heavy atom. The van der Waals surface area contributed by atoms with Gasteiger partial charge in [0.25, 0.3) is 0 Å². The molecule has 7 heteroatoms. The van der Waals surface area contributed by atoms with Crippen molar-refractivity contribution in [3.8, 4) is 0 Å². The van der Waals surface area contributed by atoms with Crippen molar-refractivity contribution < 1.29 is 14.3 Å². The van der Waals surface area contributed by atoms with Crippen molar-refractivity contribution >= 4 is 17.4 Å². The standard InChI is InChI=1S/C16H23N3O3S/c1-10-5-6-14(22-10)16(4,21)9-18-15(20)17-8-7-13-11(2)19-12(3)23-13/h5-6,21H,7-9H2,1-4H3,(H2,17,18,20). The Balaban J connectivity index is 1.75. The smallest absolute Gasteiger partial charge is 0.314 e. The number of aliphatic hydroxyl groups is 1. The summed E-state index contributed by atoms with van der Waals surface area (Å²) >= 11 is 1.65. The van der Waals surface area contributed by atoms with E-state index in [1.165, 1.54) is 4.88 Å². The van der Waals surface area contributed by atoms with Gasteiger partial charge in [-0.05, 0) is 39.8 Å². The lowest BCUT2D eigenvalue weighted by atomic mass is 10.0. The van der Waals surface area contributed by atoms with Gasteiger partial charge < -0.3 is 20.2 Å². The predicted octanol–water partition coefficient (Wildman–Crippen LogP) is 2.41. The number of amides is 2. The van der Waals surface area contributed by atoms with E-state index in [1.807, 2.05) is 20.8 Å². The third-order valence-corrected chi connectivity index (χ3v) is 4.63. The molecule has 0 aliphatic rings. The Morgan fingerprint density at radius 3 is 2.65 bits per heavy atom. The first-order chi connectivity index (χ1) is 10.8. The molecule has 1 unspecified atom stereocenters.